The van der Waals surface area contributed by atoms with Gasteiger partial charge in [0, 0.05) is 24.4 Å². The lowest BCUT2D eigenvalue weighted by Gasteiger charge is -2.18. The van der Waals surface area contributed by atoms with Crippen LogP contribution in [0.3, 0.4) is 0 Å². The van der Waals surface area contributed by atoms with Crippen molar-refractivity contribution in [1.29, 1.82) is 0 Å². The van der Waals surface area contributed by atoms with Crippen LogP contribution in [0.5, 0.6) is 11.5 Å². The van der Waals surface area contributed by atoms with Gasteiger partial charge >= 0.3 is 0 Å². The summed E-state index contributed by atoms with van der Waals surface area (Å²) in [4.78, 5) is 25.0. The van der Waals surface area contributed by atoms with Crippen LogP contribution in [0.25, 0.3) is 0 Å². The zero-order valence-electron chi connectivity index (χ0n) is 15.6. The van der Waals surface area contributed by atoms with Crippen LogP contribution >= 0.6 is 11.6 Å². The molecule has 3 rings (SSSR count). The molecule has 0 atom stereocenters. The van der Waals surface area contributed by atoms with E-state index < -0.39 is 21.8 Å². The summed E-state index contributed by atoms with van der Waals surface area (Å²) in [6.07, 6.45) is 0.165. The van der Waals surface area contributed by atoms with Crippen LogP contribution < -0.4 is 19.1 Å². The van der Waals surface area contributed by atoms with E-state index in [-0.39, 0.29) is 42.3 Å². The topological polar surface area (TPSA) is 102 Å². The molecular formula is C19H19ClN2O6S. The highest BCUT2D eigenvalue weighted by Gasteiger charge is 2.33. The van der Waals surface area contributed by atoms with Crippen molar-refractivity contribution in [2.45, 2.75) is 17.7 Å². The Kier molecular flexibility index (Phi) is 6.41. The molecule has 0 unspecified atom stereocenters. The Balaban J connectivity index is 1.71. The molecule has 1 aliphatic heterocycles. The molecule has 0 radical (unpaired) electrons. The lowest BCUT2D eigenvalue weighted by molar-refractivity contribution is -0.121. The van der Waals surface area contributed by atoms with Crippen LogP contribution in [0, 0.1) is 0 Å². The van der Waals surface area contributed by atoms with Crippen molar-refractivity contribution < 1.29 is 27.5 Å². The van der Waals surface area contributed by atoms with Gasteiger partial charge in [-0.05, 0) is 42.5 Å². The molecule has 0 aromatic heterocycles. The predicted octanol–water partition coefficient (Wildman–Crippen LogP) is 2.36. The van der Waals surface area contributed by atoms with Gasteiger partial charge in [-0.2, -0.15) is 0 Å². The number of hydrogen-bond acceptors (Lipinski definition) is 6. The van der Waals surface area contributed by atoms with Crippen molar-refractivity contribution in [3.8, 4) is 11.5 Å². The monoisotopic (exact) mass is 438 g/mol. The normalized spacial score (nSPS) is 14.3. The summed E-state index contributed by atoms with van der Waals surface area (Å²) in [6.45, 7) is 0.126. The maximum atomic E-state index is 12.6. The average molecular weight is 439 g/mol. The molecule has 29 heavy (non-hydrogen) atoms. The standard InChI is InChI=1S/C19H19ClN2O6S/c1-27-17-7-6-15(12-16(17)22-18(23)8-9-19(22)24)29(25,26)21-10-11-28-14-4-2-13(20)3-5-14/h2-7,12,21H,8-11H2,1H3. The van der Waals surface area contributed by atoms with Crippen LogP contribution in [0.4, 0.5) is 5.69 Å². The first kappa shape index (κ1) is 21.1. The molecule has 1 heterocycles. The van der Waals surface area contributed by atoms with Crippen molar-refractivity contribution in [3.63, 3.8) is 0 Å². The van der Waals surface area contributed by atoms with E-state index in [9.17, 15) is 18.0 Å². The molecule has 0 bridgehead atoms. The highest BCUT2D eigenvalue weighted by Crippen LogP contribution is 2.34. The number of hydrogen-bond donors (Lipinski definition) is 1. The second kappa shape index (κ2) is 8.81. The summed E-state index contributed by atoms with van der Waals surface area (Å²) in [7, 11) is -2.51. The maximum absolute atomic E-state index is 12.6. The van der Waals surface area contributed by atoms with E-state index in [0.29, 0.717) is 10.8 Å². The fraction of sp³-hybridized carbons (Fsp3) is 0.263. The molecule has 10 heteroatoms. The number of amides is 2. The van der Waals surface area contributed by atoms with Crippen molar-refractivity contribution in [1.82, 2.24) is 4.72 Å². The highest BCUT2D eigenvalue weighted by atomic mass is 35.5. The number of nitrogens with one attached hydrogen (secondary N) is 1. The number of sulfonamides is 1. The molecular weight excluding hydrogens is 420 g/mol. The summed E-state index contributed by atoms with van der Waals surface area (Å²) in [5.41, 5.74) is 0.111. The number of benzene rings is 2. The zero-order chi connectivity index (χ0) is 21.0. The number of halogens is 1. The van der Waals surface area contributed by atoms with Crippen molar-refractivity contribution >= 4 is 39.1 Å². The third kappa shape index (κ3) is 4.87. The first-order valence-electron chi connectivity index (χ1n) is 8.73. The van der Waals surface area contributed by atoms with Gasteiger partial charge in [-0.15, -0.1) is 0 Å². The Morgan fingerprint density at radius 1 is 1.07 bits per heavy atom. The minimum atomic E-state index is -3.89. The number of anilines is 1. The van der Waals surface area contributed by atoms with Gasteiger partial charge in [-0.3, -0.25) is 9.59 Å². The SMILES string of the molecule is COc1ccc(S(=O)(=O)NCCOc2ccc(Cl)cc2)cc1N1C(=O)CCC1=O. The number of carbonyl (C=O) groups excluding carboxylic acids is 2. The molecule has 1 aliphatic rings. The fourth-order valence-electron chi connectivity index (χ4n) is 2.82. The van der Waals surface area contributed by atoms with Crippen LogP contribution in [0.2, 0.25) is 5.02 Å². The van der Waals surface area contributed by atoms with Gasteiger partial charge < -0.3 is 9.47 Å². The Morgan fingerprint density at radius 2 is 1.72 bits per heavy atom. The van der Waals surface area contributed by atoms with Crippen LogP contribution in [-0.2, 0) is 19.6 Å². The van der Waals surface area contributed by atoms with Crippen LogP contribution in [-0.4, -0.2) is 40.5 Å². The summed E-state index contributed by atoms with van der Waals surface area (Å²) in [5, 5.41) is 0.573. The highest BCUT2D eigenvalue weighted by molar-refractivity contribution is 7.89. The zero-order valence-corrected chi connectivity index (χ0v) is 17.1. The third-order valence-corrected chi connectivity index (χ3v) is 5.94. The Hall–Kier alpha value is -2.62. The lowest BCUT2D eigenvalue weighted by atomic mass is 10.2. The molecule has 0 saturated carbocycles. The van der Waals surface area contributed by atoms with E-state index in [0.717, 1.165) is 4.90 Å². The lowest BCUT2D eigenvalue weighted by Crippen LogP contribution is -2.30. The summed E-state index contributed by atoms with van der Waals surface area (Å²) < 4.78 is 38.3. The van der Waals surface area contributed by atoms with E-state index in [4.69, 9.17) is 21.1 Å². The maximum Gasteiger partial charge on any atom is 0.240 e. The fourth-order valence-corrected chi connectivity index (χ4v) is 3.97. The minimum absolute atomic E-state index is 0.0217. The number of ether oxygens (including phenoxy) is 2. The first-order chi connectivity index (χ1) is 13.8. The molecule has 1 fully saturated rings. The van der Waals surface area contributed by atoms with Gasteiger partial charge in [0.15, 0.2) is 0 Å². The van der Waals surface area contributed by atoms with E-state index >= 15 is 0 Å². The quantitative estimate of drug-likeness (QED) is 0.501. The molecule has 8 nitrogen and oxygen atoms in total. The van der Waals surface area contributed by atoms with Crippen LogP contribution in [0.1, 0.15) is 12.8 Å². The number of methoxy groups -OCH3 is 1. The minimum Gasteiger partial charge on any atom is -0.495 e. The van der Waals surface area contributed by atoms with Gasteiger partial charge in [0.2, 0.25) is 21.8 Å². The largest absolute Gasteiger partial charge is 0.495 e. The molecule has 0 aliphatic carbocycles. The Bertz CT molecular complexity index is 1010. The second-order valence-electron chi connectivity index (χ2n) is 6.16. The summed E-state index contributed by atoms with van der Waals surface area (Å²) in [6, 6.07) is 10.7. The third-order valence-electron chi connectivity index (χ3n) is 4.23. The Labute approximate surface area is 173 Å². The molecule has 2 amide bonds. The second-order valence-corrected chi connectivity index (χ2v) is 8.36. The summed E-state index contributed by atoms with van der Waals surface area (Å²) >= 11 is 5.80. The predicted molar refractivity (Wildman–Crippen MR) is 107 cm³/mol. The smallest absolute Gasteiger partial charge is 0.240 e. The first-order valence-corrected chi connectivity index (χ1v) is 10.6. The van der Waals surface area contributed by atoms with E-state index in [1.165, 1.54) is 25.3 Å². The molecule has 154 valence electrons. The van der Waals surface area contributed by atoms with Crippen molar-refractivity contribution in [2.24, 2.45) is 0 Å². The van der Waals surface area contributed by atoms with Gasteiger partial charge in [0.05, 0.1) is 17.7 Å². The molecule has 1 saturated heterocycles. The molecule has 2 aromatic rings. The van der Waals surface area contributed by atoms with Gasteiger partial charge in [0.25, 0.3) is 0 Å². The van der Waals surface area contributed by atoms with Crippen LogP contribution in [0.15, 0.2) is 47.4 Å². The van der Waals surface area contributed by atoms with Crippen molar-refractivity contribution in [3.05, 3.63) is 47.5 Å². The van der Waals surface area contributed by atoms with E-state index in [2.05, 4.69) is 4.72 Å². The summed E-state index contributed by atoms with van der Waals surface area (Å²) in [5.74, 6) is 0.00403. The average Bonchev–Trinajstić information content (AvgIpc) is 3.04. The number of carbonyl (C=O) groups is 2. The molecule has 2 aromatic carbocycles. The molecule has 0 spiro atoms. The van der Waals surface area contributed by atoms with Crippen molar-refractivity contribution in [2.75, 3.05) is 25.2 Å². The number of nitrogens with zero attached hydrogens (tertiary/aromatic N) is 1. The number of rotatable bonds is 8. The van der Waals surface area contributed by atoms with Gasteiger partial charge in [-0.25, -0.2) is 18.0 Å². The Morgan fingerprint density at radius 3 is 2.34 bits per heavy atom. The van der Waals surface area contributed by atoms with Gasteiger partial charge in [0.1, 0.15) is 18.1 Å². The van der Waals surface area contributed by atoms with E-state index in [1.807, 2.05) is 0 Å². The van der Waals surface area contributed by atoms with E-state index in [1.54, 1.807) is 24.3 Å². The van der Waals surface area contributed by atoms with Gasteiger partial charge in [-0.1, -0.05) is 11.6 Å². The number of imide groups is 1. The molecule has 1 N–H and O–H groups in total.